The van der Waals surface area contributed by atoms with Gasteiger partial charge in [-0.3, -0.25) is 9.52 Å². The highest BCUT2D eigenvalue weighted by Crippen LogP contribution is 2.22. The van der Waals surface area contributed by atoms with Crippen molar-refractivity contribution in [2.75, 3.05) is 11.8 Å². The van der Waals surface area contributed by atoms with E-state index < -0.39 is 10.0 Å². The number of ether oxygens (including phenoxy) is 1. The smallest absolute Gasteiger partial charge is 0.261 e. The van der Waals surface area contributed by atoms with Gasteiger partial charge in [-0.25, -0.2) is 8.42 Å². The number of carbonyl (C=O) groups excluding carboxylic acids is 1. The molecule has 0 radical (unpaired) electrons. The van der Waals surface area contributed by atoms with Crippen LogP contribution in [0.1, 0.15) is 21.5 Å². The van der Waals surface area contributed by atoms with Gasteiger partial charge in [-0.2, -0.15) is 0 Å². The van der Waals surface area contributed by atoms with Crippen LogP contribution in [0.25, 0.3) is 0 Å². The average Bonchev–Trinajstić information content (AvgIpc) is 2.74. The lowest BCUT2D eigenvalue weighted by molar-refractivity contribution is 0.0951. The second-order valence-corrected chi connectivity index (χ2v) is 8.74. The molecule has 0 aliphatic heterocycles. The second kappa shape index (κ2) is 9.19. The lowest BCUT2D eigenvalue weighted by Crippen LogP contribution is -2.23. The molecule has 0 atom stereocenters. The van der Waals surface area contributed by atoms with Crippen molar-refractivity contribution in [3.63, 3.8) is 0 Å². The van der Waals surface area contributed by atoms with Gasteiger partial charge in [0, 0.05) is 17.1 Å². The van der Waals surface area contributed by atoms with Crippen molar-refractivity contribution in [1.29, 1.82) is 0 Å². The van der Waals surface area contributed by atoms with Crippen molar-refractivity contribution >= 4 is 33.2 Å². The molecule has 0 unspecified atom stereocenters. The van der Waals surface area contributed by atoms with Crippen LogP contribution >= 0.6 is 11.6 Å². The molecule has 30 heavy (non-hydrogen) atoms. The molecule has 0 heterocycles. The molecule has 3 rings (SSSR count). The van der Waals surface area contributed by atoms with Crippen molar-refractivity contribution in [1.82, 2.24) is 5.32 Å². The molecular formula is C22H21ClN2O4S. The minimum atomic E-state index is -3.76. The Morgan fingerprint density at radius 2 is 1.67 bits per heavy atom. The largest absolute Gasteiger partial charge is 0.497 e. The Morgan fingerprint density at radius 3 is 2.27 bits per heavy atom. The topological polar surface area (TPSA) is 84.5 Å². The second-order valence-electron chi connectivity index (χ2n) is 6.62. The van der Waals surface area contributed by atoms with Crippen molar-refractivity contribution in [2.45, 2.75) is 18.4 Å². The van der Waals surface area contributed by atoms with Gasteiger partial charge in [0.15, 0.2) is 0 Å². The molecule has 3 aromatic rings. The van der Waals surface area contributed by atoms with Gasteiger partial charge >= 0.3 is 0 Å². The number of methoxy groups -OCH3 is 1. The minimum absolute atomic E-state index is 0.118. The van der Waals surface area contributed by atoms with Crippen LogP contribution in [0.5, 0.6) is 5.75 Å². The summed E-state index contributed by atoms with van der Waals surface area (Å²) in [6.07, 6.45) is 0. The Bertz CT molecular complexity index is 1140. The maximum absolute atomic E-state index is 12.6. The molecule has 3 aromatic carbocycles. The molecule has 6 nitrogen and oxygen atoms in total. The van der Waals surface area contributed by atoms with E-state index >= 15 is 0 Å². The van der Waals surface area contributed by atoms with Gasteiger partial charge in [0.1, 0.15) is 5.75 Å². The summed E-state index contributed by atoms with van der Waals surface area (Å²) in [5.74, 6) is 0.316. The number of halogens is 1. The molecule has 0 spiro atoms. The molecule has 1 amide bonds. The van der Waals surface area contributed by atoms with Gasteiger partial charge < -0.3 is 10.1 Å². The van der Waals surface area contributed by atoms with Crippen LogP contribution in [0.2, 0.25) is 5.02 Å². The zero-order chi connectivity index (χ0) is 21.7. The summed E-state index contributed by atoms with van der Waals surface area (Å²) < 4.78 is 32.8. The van der Waals surface area contributed by atoms with Gasteiger partial charge in [-0.05, 0) is 72.6 Å². The maximum atomic E-state index is 12.6. The van der Waals surface area contributed by atoms with Gasteiger partial charge in [0.25, 0.3) is 15.9 Å². The predicted octanol–water partition coefficient (Wildman–Crippen LogP) is 4.39. The number of hydrogen-bond acceptors (Lipinski definition) is 4. The fraction of sp³-hybridized carbons (Fsp3) is 0.136. The van der Waals surface area contributed by atoms with Crippen molar-refractivity contribution in [2.24, 2.45) is 0 Å². The lowest BCUT2D eigenvalue weighted by atomic mass is 10.1. The molecule has 8 heteroatoms. The highest BCUT2D eigenvalue weighted by atomic mass is 35.5. The molecule has 0 bridgehead atoms. The molecule has 0 saturated carbocycles. The summed E-state index contributed by atoms with van der Waals surface area (Å²) in [4.78, 5) is 12.5. The first kappa shape index (κ1) is 21.7. The van der Waals surface area contributed by atoms with E-state index in [0.29, 0.717) is 34.1 Å². The molecule has 2 N–H and O–H groups in total. The summed E-state index contributed by atoms with van der Waals surface area (Å²) in [6.45, 7) is 2.10. The summed E-state index contributed by atoms with van der Waals surface area (Å²) in [6, 6.07) is 18.1. The van der Waals surface area contributed by atoms with Gasteiger partial charge in [0.05, 0.1) is 17.7 Å². The van der Waals surface area contributed by atoms with E-state index in [1.807, 2.05) is 12.1 Å². The van der Waals surface area contributed by atoms with E-state index in [0.717, 1.165) is 5.56 Å². The standard InChI is InChI=1S/C22H21ClN2O4S/c1-15-13-17(22(26)24-14-16-3-6-18(23)7-4-16)5-12-21(15)25-30(27,28)20-10-8-19(29-2)9-11-20/h3-13,25H,14H2,1-2H3,(H,24,26). The molecular weight excluding hydrogens is 424 g/mol. The van der Waals surface area contributed by atoms with Crippen LogP contribution in [-0.2, 0) is 16.6 Å². The highest BCUT2D eigenvalue weighted by molar-refractivity contribution is 7.92. The highest BCUT2D eigenvalue weighted by Gasteiger charge is 2.16. The van der Waals surface area contributed by atoms with Crippen LogP contribution in [-0.4, -0.2) is 21.4 Å². The van der Waals surface area contributed by atoms with Crippen LogP contribution < -0.4 is 14.8 Å². The van der Waals surface area contributed by atoms with Gasteiger partial charge in [-0.1, -0.05) is 23.7 Å². The number of amides is 1. The monoisotopic (exact) mass is 444 g/mol. The van der Waals surface area contributed by atoms with E-state index in [2.05, 4.69) is 10.0 Å². The first-order valence-electron chi connectivity index (χ1n) is 9.08. The minimum Gasteiger partial charge on any atom is -0.497 e. The van der Waals surface area contributed by atoms with E-state index in [1.165, 1.54) is 19.2 Å². The normalized spacial score (nSPS) is 11.0. The molecule has 0 aliphatic carbocycles. The SMILES string of the molecule is COc1ccc(S(=O)(=O)Nc2ccc(C(=O)NCc3ccc(Cl)cc3)cc2C)cc1. The third-order valence-corrected chi connectivity index (χ3v) is 6.10. The Morgan fingerprint density at radius 1 is 1.00 bits per heavy atom. The number of anilines is 1. The van der Waals surface area contributed by atoms with E-state index in [1.54, 1.807) is 49.4 Å². The number of benzene rings is 3. The number of carbonyl (C=O) groups is 1. The molecule has 0 aliphatic rings. The van der Waals surface area contributed by atoms with E-state index in [-0.39, 0.29) is 10.8 Å². The zero-order valence-corrected chi connectivity index (χ0v) is 18.0. The molecule has 156 valence electrons. The fourth-order valence-corrected chi connectivity index (χ4v) is 4.02. The Labute approximate surface area is 180 Å². The van der Waals surface area contributed by atoms with Gasteiger partial charge in [-0.15, -0.1) is 0 Å². The Balaban J connectivity index is 1.69. The van der Waals surface area contributed by atoms with Crippen LogP contribution in [0.3, 0.4) is 0 Å². The van der Waals surface area contributed by atoms with Crippen LogP contribution in [0.4, 0.5) is 5.69 Å². The van der Waals surface area contributed by atoms with Crippen molar-refractivity contribution in [3.05, 3.63) is 88.4 Å². The summed E-state index contributed by atoms with van der Waals surface area (Å²) in [7, 11) is -2.25. The molecule has 0 fully saturated rings. The van der Waals surface area contributed by atoms with E-state index in [9.17, 15) is 13.2 Å². The number of aryl methyl sites for hydroxylation is 1. The Kier molecular flexibility index (Phi) is 6.64. The summed E-state index contributed by atoms with van der Waals surface area (Å²) in [5, 5.41) is 3.47. The predicted molar refractivity (Wildman–Crippen MR) is 118 cm³/mol. The molecule has 0 saturated heterocycles. The number of hydrogen-bond donors (Lipinski definition) is 2. The van der Waals surface area contributed by atoms with E-state index in [4.69, 9.17) is 16.3 Å². The fourth-order valence-electron chi connectivity index (χ4n) is 2.76. The lowest BCUT2D eigenvalue weighted by Gasteiger charge is -2.12. The first-order chi connectivity index (χ1) is 14.3. The first-order valence-corrected chi connectivity index (χ1v) is 10.9. The third kappa shape index (κ3) is 5.31. The molecule has 0 aromatic heterocycles. The summed E-state index contributed by atoms with van der Waals surface area (Å²) >= 11 is 5.86. The number of nitrogens with one attached hydrogen (secondary N) is 2. The number of sulfonamides is 1. The quantitative estimate of drug-likeness (QED) is 0.566. The number of rotatable bonds is 7. The average molecular weight is 445 g/mol. The summed E-state index contributed by atoms with van der Waals surface area (Å²) in [5.41, 5.74) is 2.40. The van der Waals surface area contributed by atoms with Crippen LogP contribution in [0.15, 0.2) is 71.6 Å². The van der Waals surface area contributed by atoms with Crippen LogP contribution in [0, 0.1) is 6.92 Å². The zero-order valence-electron chi connectivity index (χ0n) is 16.5. The third-order valence-electron chi connectivity index (χ3n) is 4.47. The van der Waals surface area contributed by atoms with Gasteiger partial charge in [0.2, 0.25) is 0 Å². The maximum Gasteiger partial charge on any atom is 0.261 e. The van der Waals surface area contributed by atoms with Crippen molar-refractivity contribution in [3.8, 4) is 5.75 Å². The van der Waals surface area contributed by atoms with Crippen molar-refractivity contribution < 1.29 is 17.9 Å². The Hall–Kier alpha value is -3.03.